The molecule has 0 bridgehead atoms. The first kappa shape index (κ1) is 14.1. The first-order chi connectivity index (χ1) is 10.6. The van der Waals surface area contributed by atoms with Gasteiger partial charge < -0.3 is 9.15 Å². The number of ether oxygens (including phenoxy) is 1. The summed E-state index contributed by atoms with van der Waals surface area (Å²) in [6, 6.07) is 12.5. The number of rotatable bonds is 3. The molecule has 5 heteroatoms. The average Bonchev–Trinajstić information content (AvgIpc) is 2.83. The third-order valence-corrected chi connectivity index (χ3v) is 3.50. The first-order valence-corrected chi connectivity index (χ1v) is 6.87. The van der Waals surface area contributed by atoms with Crippen molar-refractivity contribution in [3.63, 3.8) is 0 Å². The van der Waals surface area contributed by atoms with Crippen molar-refractivity contribution < 1.29 is 13.9 Å². The van der Waals surface area contributed by atoms with Crippen LogP contribution < -0.4 is 10.5 Å². The van der Waals surface area contributed by atoms with Gasteiger partial charge in [-0.05, 0) is 42.3 Å². The summed E-state index contributed by atoms with van der Waals surface area (Å²) in [6.45, 7) is 1.90. The summed E-state index contributed by atoms with van der Waals surface area (Å²) in [6.07, 6.45) is 0.118. The highest BCUT2D eigenvalue weighted by Gasteiger charge is 2.16. The number of carbonyl (C=O) groups excluding carboxylic acids is 1. The molecule has 0 unspecified atom stereocenters. The third kappa shape index (κ3) is 2.53. The molecule has 3 aromatic rings. The molecule has 2 aromatic carbocycles. The molecule has 0 N–H and O–H groups in total. The number of fused-ring (bicyclic) bond motifs is 1. The van der Waals surface area contributed by atoms with E-state index in [0.29, 0.717) is 11.1 Å². The Labute approximate surface area is 126 Å². The fourth-order valence-corrected chi connectivity index (χ4v) is 2.36. The average molecular weight is 297 g/mol. The predicted octanol–water partition coefficient (Wildman–Crippen LogP) is 2.79. The van der Waals surface area contributed by atoms with E-state index in [4.69, 9.17) is 9.15 Å². The lowest BCUT2D eigenvalue weighted by atomic mass is 10.1. The summed E-state index contributed by atoms with van der Waals surface area (Å²) < 4.78 is 11.3. The van der Waals surface area contributed by atoms with Crippen LogP contribution in [-0.2, 0) is 6.42 Å². The van der Waals surface area contributed by atoms with Gasteiger partial charge in [-0.3, -0.25) is 4.79 Å². The normalized spacial score (nSPS) is 10.8. The lowest BCUT2D eigenvalue weighted by Gasteiger charge is -2.04. The molecule has 1 heterocycles. The Morgan fingerprint density at radius 2 is 1.91 bits per heavy atom. The Hall–Kier alpha value is -2.82. The Morgan fingerprint density at radius 3 is 2.59 bits per heavy atom. The lowest BCUT2D eigenvalue weighted by Crippen LogP contribution is -2.24. The molecule has 0 aliphatic heterocycles. The zero-order chi connectivity index (χ0) is 15.7. The summed E-state index contributed by atoms with van der Waals surface area (Å²) in [5.74, 6) is -0.253. The maximum atomic E-state index is 12.4. The number of nitrogens with zero attached hydrogens (tertiary/aromatic N) is 1. The Kier molecular flexibility index (Phi) is 3.55. The van der Waals surface area contributed by atoms with Crippen molar-refractivity contribution in [2.75, 3.05) is 7.11 Å². The monoisotopic (exact) mass is 297 g/mol. The van der Waals surface area contributed by atoms with Crippen molar-refractivity contribution in [1.82, 2.24) is 4.57 Å². The minimum atomic E-state index is -0.654. The largest absolute Gasteiger partial charge is 0.497 e. The molecule has 0 saturated carbocycles. The van der Waals surface area contributed by atoms with E-state index in [-0.39, 0.29) is 12.3 Å². The third-order valence-electron chi connectivity index (χ3n) is 3.50. The van der Waals surface area contributed by atoms with Gasteiger partial charge in [-0.2, -0.15) is 0 Å². The van der Waals surface area contributed by atoms with Crippen LogP contribution in [0, 0.1) is 6.92 Å². The summed E-state index contributed by atoms with van der Waals surface area (Å²) in [4.78, 5) is 24.4. The molecule has 0 spiro atoms. The first-order valence-electron chi connectivity index (χ1n) is 6.87. The number of aromatic nitrogens is 1. The van der Waals surface area contributed by atoms with E-state index in [1.807, 2.05) is 13.0 Å². The molecule has 0 fully saturated rings. The van der Waals surface area contributed by atoms with Crippen molar-refractivity contribution in [1.29, 1.82) is 0 Å². The van der Waals surface area contributed by atoms with Crippen molar-refractivity contribution in [3.8, 4) is 5.75 Å². The zero-order valence-corrected chi connectivity index (χ0v) is 12.3. The van der Waals surface area contributed by atoms with Gasteiger partial charge in [0.1, 0.15) is 5.75 Å². The van der Waals surface area contributed by atoms with E-state index in [0.717, 1.165) is 21.4 Å². The Balaban J connectivity index is 1.96. The van der Waals surface area contributed by atoms with Crippen molar-refractivity contribution in [3.05, 3.63) is 64.1 Å². The molecule has 0 aliphatic carbocycles. The number of hydrogen-bond acceptors (Lipinski definition) is 4. The number of oxazole rings is 1. The van der Waals surface area contributed by atoms with Crippen molar-refractivity contribution in [2.24, 2.45) is 0 Å². The zero-order valence-electron chi connectivity index (χ0n) is 12.3. The topological polar surface area (TPSA) is 61.4 Å². The summed E-state index contributed by atoms with van der Waals surface area (Å²) in [5, 5.41) is 0. The molecule has 1 aromatic heterocycles. The number of methoxy groups -OCH3 is 1. The quantitative estimate of drug-likeness (QED) is 0.746. The summed E-state index contributed by atoms with van der Waals surface area (Å²) in [7, 11) is 1.58. The minimum Gasteiger partial charge on any atom is -0.497 e. The SMILES string of the molecule is COc1ccc(CC(=O)n2c(=O)oc3ccc(C)cc32)cc1. The molecule has 3 rings (SSSR count). The highest BCUT2D eigenvalue weighted by Crippen LogP contribution is 2.16. The fraction of sp³-hybridized carbons (Fsp3) is 0.176. The number of hydrogen-bond donors (Lipinski definition) is 0. The molecule has 112 valence electrons. The van der Waals surface area contributed by atoms with E-state index in [1.54, 1.807) is 43.5 Å². The molecule has 0 radical (unpaired) electrons. The second kappa shape index (κ2) is 5.52. The molecular weight excluding hydrogens is 282 g/mol. The van der Waals surface area contributed by atoms with Gasteiger partial charge >= 0.3 is 5.76 Å². The lowest BCUT2D eigenvalue weighted by molar-refractivity contribution is 0.0910. The van der Waals surface area contributed by atoms with Gasteiger partial charge in [0.05, 0.1) is 19.0 Å². The van der Waals surface area contributed by atoms with Gasteiger partial charge in [-0.25, -0.2) is 9.36 Å². The standard InChI is InChI=1S/C17H15NO4/c1-11-3-8-15-14(9-11)18(17(20)22-15)16(19)10-12-4-6-13(21-2)7-5-12/h3-9H,10H2,1-2H3. The predicted molar refractivity (Wildman–Crippen MR) is 82.5 cm³/mol. The smallest absolute Gasteiger partial charge is 0.426 e. The van der Waals surface area contributed by atoms with Crippen LogP contribution in [0.2, 0.25) is 0 Å². The highest BCUT2D eigenvalue weighted by atomic mass is 16.5. The second-order valence-electron chi connectivity index (χ2n) is 5.09. The van der Waals surface area contributed by atoms with Gasteiger partial charge in [0.25, 0.3) is 0 Å². The molecular formula is C17H15NO4. The molecule has 0 atom stereocenters. The van der Waals surface area contributed by atoms with Crippen LogP contribution in [0.25, 0.3) is 11.1 Å². The number of aryl methyl sites for hydroxylation is 1. The van der Waals surface area contributed by atoms with Crippen molar-refractivity contribution >= 4 is 17.0 Å². The van der Waals surface area contributed by atoms with E-state index in [9.17, 15) is 9.59 Å². The number of benzene rings is 2. The Bertz CT molecular complexity index is 887. The molecule has 0 saturated heterocycles. The van der Waals surface area contributed by atoms with Crippen LogP contribution in [0.1, 0.15) is 15.9 Å². The van der Waals surface area contributed by atoms with Crippen LogP contribution >= 0.6 is 0 Å². The molecule has 0 aliphatic rings. The number of carbonyl (C=O) groups is 1. The minimum absolute atomic E-state index is 0.118. The van der Waals surface area contributed by atoms with E-state index in [2.05, 4.69) is 0 Å². The van der Waals surface area contributed by atoms with E-state index in [1.165, 1.54) is 0 Å². The van der Waals surface area contributed by atoms with Crippen LogP contribution in [-0.4, -0.2) is 17.6 Å². The second-order valence-corrected chi connectivity index (χ2v) is 5.09. The van der Waals surface area contributed by atoms with Crippen LogP contribution in [0.4, 0.5) is 0 Å². The van der Waals surface area contributed by atoms with Crippen LogP contribution in [0.15, 0.2) is 51.7 Å². The fourth-order valence-electron chi connectivity index (χ4n) is 2.36. The van der Waals surface area contributed by atoms with Gasteiger partial charge in [-0.1, -0.05) is 18.2 Å². The maximum absolute atomic E-state index is 12.4. The molecule has 0 amide bonds. The van der Waals surface area contributed by atoms with Crippen LogP contribution in [0.3, 0.4) is 0 Å². The summed E-state index contributed by atoms with van der Waals surface area (Å²) >= 11 is 0. The van der Waals surface area contributed by atoms with Crippen molar-refractivity contribution in [2.45, 2.75) is 13.3 Å². The summed E-state index contributed by atoms with van der Waals surface area (Å²) in [5.41, 5.74) is 2.68. The van der Waals surface area contributed by atoms with Gasteiger partial charge in [0.2, 0.25) is 5.91 Å². The van der Waals surface area contributed by atoms with E-state index < -0.39 is 5.76 Å². The van der Waals surface area contributed by atoms with Gasteiger partial charge in [0, 0.05) is 0 Å². The maximum Gasteiger partial charge on any atom is 0.426 e. The Morgan fingerprint density at radius 1 is 1.18 bits per heavy atom. The molecule has 22 heavy (non-hydrogen) atoms. The highest BCUT2D eigenvalue weighted by molar-refractivity contribution is 5.90. The van der Waals surface area contributed by atoms with Gasteiger partial charge in [-0.15, -0.1) is 0 Å². The van der Waals surface area contributed by atoms with Crippen LogP contribution in [0.5, 0.6) is 5.75 Å². The molecule has 5 nitrogen and oxygen atoms in total. The van der Waals surface area contributed by atoms with Gasteiger partial charge in [0.15, 0.2) is 5.58 Å². The van der Waals surface area contributed by atoms with E-state index >= 15 is 0 Å².